The minimum atomic E-state index is 0.00375. The predicted octanol–water partition coefficient (Wildman–Crippen LogP) is 0.867. The van der Waals surface area contributed by atoms with Crippen LogP contribution in [0.4, 0.5) is 0 Å². The molecule has 1 saturated heterocycles. The Hall–Kier alpha value is -0.830. The lowest BCUT2D eigenvalue weighted by atomic mass is 9.98. The number of rotatable bonds is 0. The van der Waals surface area contributed by atoms with Gasteiger partial charge in [0.15, 0.2) is 0 Å². The van der Waals surface area contributed by atoms with Crippen molar-refractivity contribution in [1.82, 2.24) is 5.06 Å². The van der Waals surface area contributed by atoms with Gasteiger partial charge in [-0.2, -0.15) is 0 Å². The van der Waals surface area contributed by atoms with Crippen molar-refractivity contribution in [3.8, 4) is 0 Å². The van der Waals surface area contributed by atoms with Crippen molar-refractivity contribution in [1.29, 1.82) is 0 Å². The van der Waals surface area contributed by atoms with Crippen molar-refractivity contribution >= 4 is 5.91 Å². The molecule has 0 aromatic heterocycles. The Kier molecular flexibility index (Phi) is 1.46. The predicted molar refractivity (Wildman–Crippen MR) is 39.6 cm³/mol. The molecule has 2 atom stereocenters. The Morgan fingerprint density at radius 1 is 1.55 bits per heavy atom. The molecule has 3 rings (SSSR count). The molecule has 3 nitrogen and oxygen atoms in total. The number of hydrogen-bond donors (Lipinski definition) is 0. The molecule has 1 aliphatic carbocycles. The highest BCUT2D eigenvalue weighted by Crippen LogP contribution is 2.26. The average molecular weight is 153 g/mol. The van der Waals surface area contributed by atoms with Gasteiger partial charge in [0.05, 0.1) is 6.04 Å². The Balaban J connectivity index is 2.17. The molecule has 3 heteroatoms. The number of hydroxylamine groups is 2. The van der Waals surface area contributed by atoms with E-state index in [1.165, 1.54) is 12.0 Å². The molecule has 60 valence electrons. The topological polar surface area (TPSA) is 29.5 Å². The van der Waals surface area contributed by atoms with Crippen molar-refractivity contribution in [2.24, 2.45) is 0 Å². The zero-order valence-corrected chi connectivity index (χ0v) is 6.49. The fourth-order valence-corrected chi connectivity index (χ4v) is 1.59. The van der Waals surface area contributed by atoms with Crippen LogP contribution in [0.2, 0.25) is 0 Å². The van der Waals surface area contributed by atoms with E-state index in [0.29, 0.717) is 0 Å². The average Bonchev–Trinajstić information content (AvgIpc) is 2.06. The van der Waals surface area contributed by atoms with E-state index in [4.69, 9.17) is 4.84 Å². The molecule has 0 aromatic rings. The second-order valence-electron chi connectivity index (χ2n) is 3.02. The highest BCUT2D eigenvalue weighted by molar-refractivity contribution is 5.73. The van der Waals surface area contributed by atoms with Crippen LogP contribution in [-0.4, -0.2) is 23.1 Å². The van der Waals surface area contributed by atoms with E-state index in [9.17, 15) is 4.79 Å². The smallest absolute Gasteiger partial charge is 0.243 e. The van der Waals surface area contributed by atoms with Gasteiger partial charge in [-0.05, 0) is 12.8 Å². The van der Waals surface area contributed by atoms with Crippen LogP contribution >= 0.6 is 0 Å². The first kappa shape index (κ1) is 6.85. The van der Waals surface area contributed by atoms with E-state index in [1.54, 1.807) is 0 Å². The van der Waals surface area contributed by atoms with Crippen LogP contribution in [0.5, 0.6) is 0 Å². The minimum absolute atomic E-state index is 0.00375. The number of fused-ring (bicyclic) bond motifs is 2. The van der Waals surface area contributed by atoms with Crippen LogP contribution in [0.1, 0.15) is 19.8 Å². The first-order valence-electron chi connectivity index (χ1n) is 3.92. The molecule has 2 heterocycles. The van der Waals surface area contributed by atoms with E-state index >= 15 is 0 Å². The molecule has 2 bridgehead atoms. The van der Waals surface area contributed by atoms with Crippen molar-refractivity contribution in [2.75, 3.05) is 0 Å². The van der Waals surface area contributed by atoms with Crippen LogP contribution in [0.25, 0.3) is 0 Å². The molecule has 0 radical (unpaired) electrons. The van der Waals surface area contributed by atoms with Gasteiger partial charge in [0.2, 0.25) is 5.91 Å². The van der Waals surface area contributed by atoms with Gasteiger partial charge in [0, 0.05) is 6.92 Å². The fraction of sp³-hybridized carbons (Fsp3) is 0.625. The number of carbonyl (C=O) groups excluding carboxylic acids is 1. The van der Waals surface area contributed by atoms with Crippen molar-refractivity contribution in [3.63, 3.8) is 0 Å². The Bertz CT molecular complexity index is 212. The van der Waals surface area contributed by atoms with Gasteiger partial charge in [-0.3, -0.25) is 9.63 Å². The Morgan fingerprint density at radius 3 is 2.64 bits per heavy atom. The van der Waals surface area contributed by atoms with Gasteiger partial charge in [-0.15, -0.1) is 0 Å². The second kappa shape index (κ2) is 2.34. The Morgan fingerprint density at radius 2 is 2.36 bits per heavy atom. The van der Waals surface area contributed by atoms with Gasteiger partial charge in [0.1, 0.15) is 6.10 Å². The first-order chi connectivity index (χ1) is 5.27. The molecular weight excluding hydrogens is 142 g/mol. The maximum atomic E-state index is 11.0. The van der Waals surface area contributed by atoms with Gasteiger partial charge < -0.3 is 0 Å². The molecule has 0 aromatic carbocycles. The van der Waals surface area contributed by atoms with Crippen LogP contribution in [0, 0.1) is 0 Å². The molecule has 1 fully saturated rings. The van der Waals surface area contributed by atoms with Crippen LogP contribution in [-0.2, 0) is 9.63 Å². The number of hydrogen-bond acceptors (Lipinski definition) is 2. The normalized spacial score (nSPS) is 34.5. The molecular formula is C8H11NO2. The summed E-state index contributed by atoms with van der Waals surface area (Å²) in [5.41, 5.74) is 0. The third-order valence-corrected chi connectivity index (χ3v) is 2.16. The molecule has 2 aliphatic heterocycles. The molecule has 11 heavy (non-hydrogen) atoms. The standard InChI is InChI=1S/C8H11NO2/c1-6(10)9-7-2-4-8(11-9)5-3-7/h2,4,7-8H,3,5H2,1H3/t7-,8+/m1/s1. The largest absolute Gasteiger partial charge is 0.273 e. The number of nitrogens with zero attached hydrogens (tertiary/aromatic N) is 1. The molecule has 0 saturated carbocycles. The van der Waals surface area contributed by atoms with E-state index in [-0.39, 0.29) is 18.1 Å². The zero-order valence-electron chi connectivity index (χ0n) is 6.49. The Labute approximate surface area is 65.6 Å². The third kappa shape index (κ3) is 1.05. The molecule has 3 aliphatic rings. The van der Waals surface area contributed by atoms with E-state index in [0.717, 1.165) is 12.8 Å². The summed E-state index contributed by atoms with van der Waals surface area (Å²) in [6, 6.07) is 0.192. The fourth-order valence-electron chi connectivity index (χ4n) is 1.59. The summed E-state index contributed by atoms with van der Waals surface area (Å²) in [6.07, 6.45) is 6.32. The summed E-state index contributed by atoms with van der Waals surface area (Å²) >= 11 is 0. The van der Waals surface area contributed by atoms with Crippen molar-refractivity contribution in [2.45, 2.75) is 31.9 Å². The SMILES string of the molecule is CC(=O)N1O[C@H]2C=C[C@@H]1CC2. The molecule has 0 N–H and O–H groups in total. The molecule has 0 spiro atoms. The van der Waals surface area contributed by atoms with E-state index in [2.05, 4.69) is 6.08 Å². The molecule has 1 amide bonds. The summed E-state index contributed by atoms with van der Waals surface area (Å²) in [6.45, 7) is 1.54. The third-order valence-electron chi connectivity index (χ3n) is 2.16. The highest BCUT2D eigenvalue weighted by Gasteiger charge is 2.32. The maximum Gasteiger partial charge on any atom is 0.243 e. The number of carbonyl (C=O) groups is 1. The van der Waals surface area contributed by atoms with Gasteiger partial charge in [-0.1, -0.05) is 12.2 Å². The minimum Gasteiger partial charge on any atom is -0.273 e. The maximum absolute atomic E-state index is 11.0. The summed E-state index contributed by atoms with van der Waals surface area (Å²) in [4.78, 5) is 16.3. The molecule has 0 unspecified atom stereocenters. The lowest BCUT2D eigenvalue weighted by molar-refractivity contribution is -0.228. The quantitative estimate of drug-likeness (QED) is 0.483. The van der Waals surface area contributed by atoms with Gasteiger partial charge >= 0.3 is 0 Å². The number of amides is 1. The highest BCUT2D eigenvalue weighted by atomic mass is 16.7. The van der Waals surface area contributed by atoms with Crippen LogP contribution in [0.15, 0.2) is 12.2 Å². The summed E-state index contributed by atoms with van der Waals surface area (Å²) in [5.74, 6) is 0.00375. The van der Waals surface area contributed by atoms with E-state index in [1.807, 2.05) is 6.08 Å². The van der Waals surface area contributed by atoms with Gasteiger partial charge in [-0.25, -0.2) is 5.06 Å². The summed E-state index contributed by atoms with van der Waals surface area (Å²) in [5, 5.41) is 1.48. The monoisotopic (exact) mass is 153 g/mol. The van der Waals surface area contributed by atoms with Crippen molar-refractivity contribution < 1.29 is 9.63 Å². The zero-order chi connectivity index (χ0) is 7.84. The first-order valence-corrected chi connectivity index (χ1v) is 3.92. The lowest BCUT2D eigenvalue weighted by Gasteiger charge is -2.39. The van der Waals surface area contributed by atoms with Crippen LogP contribution in [0.3, 0.4) is 0 Å². The summed E-state index contributed by atoms with van der Waals surface area (Å²) in [7, 11) is 0. The van der Waals surface area contributed by atoms with Gasteiger partial charge in [0.25, 0.3) is 0 Å². The lowest BCUT2D eigenvalue weighted by Crippen LogP contribution is -2.47. The summed E-state index contributed by atoms with van der Waals surface area (Å²) < 4.78 is 0. The van der Waals surface area contributed by atoms with Crippen molar-refractivity contribution in [3.05, 3.63) is 12.2 Å². The van der Waals surface area contributed by atoms with E-state index < -0.39 is 0 Å². The second-order valence-corrected chi connectivity index (χ2v) is 3.02. The van der Waals surface area contributed by atoms with Crippen LogP contribution < -0.4 is 0 Å².